The number of hydrogen-bond acceptors (Lipinski definition) is 3. The minimum atomic E-state index is 0.295. The molecule has 1 saturated heterocycles. The molecular formula is C24H34N2OS. The van der Waals surface area contributed by atoms with Gasteiger partial charge < -0.3 is 4.98 Å². The number of hydrogen-bond donors (Lipinski definition) is 1. The van der Waals surface area contributed by atoms with Crippen LogP contribution in [-0.4, -0.2) is 46.3 Å². The fourth-order valence-corrected chi connectivity index (χ4v) is 5.91. The molecule has 2 aromatic rings. The zero-order valence-corrected chi connectivity index (χ0v) is 18.4. The lowest BCUT2D eigenvalue weighted by molar-refractivity contribution is -0.114. The van der Waals surface area contributed by atoms with Crippen LogP contribution in [0.15, 0.2) is 37.1 Å². The Morgan fingerprint density at radius 3 is 2.93 bits per heavy atom. The number of likely N-dealkylation sites (tertiary alicyclic amines) is 1. The van der Waals surface area contributed by atoms with Gasteiger partial charge in [0.05, 0.1) is 5.75 Å². The van der Waals surface area contributed by atoms with E-state index in [0.29, 0.717) is 29.4 Å². The highest BCUT2D eigenvalue weighted by Gasteiger charge is 2.40. The number of ketones is 1. The lowest BCUT2D eigenvalue weighted by atomic mass is 9.72. The molecule has 0 bridgehead atoms. The quantitative estimate of drug-likeness (QED) is 0.660. The molecule has 4 heteroatoms. The molecule has 1 fully saturated rings. The van der Waals surface area contributed by atoms with Crippen LogP contribution in [0.5, 0.6) is 0 Å². The standard InChI is InChI=1S/C21H28N2OS.C3H6/c1-3-7-23-11-15(13-25-12-14(2)24)8-18-17-5-4-6-19-21(17)16(10-22-19)9-20(18)23;1-3-2/h4-6,10,15,18,20,22H,3,7-9,11-13H2,1-2H3;3H,1H2,2H3. The summed E-state index contributed by atoms with van der Waals surface area (Å²) in [6.07, 6.45) is 7.62. The van der Waals surface area contributed by atoms with Crippen LogP contribution in [0.3, 0.4) is 0 Å². The van der Waals surface area contributed by atoms with E-state index in [-0.39, 0.29) is 0 Å². The van der Waals surface area contributed by atoms with Crippen molar-refractivity contribution in [3.63, 3.8) is 0 Å². The summed E-state index contributed by atoms with van der Waals surface area (Å²) in [5.74, 6) is 3.39. The van der Waals surface area contributed by atoms with Gasteiger partial charge in [-0.1, -0.05) is 25.1 Å². The minimum Gasteiger partial charge on any atom is -0.361 e. The van der Waals surface area contributed by atoms with Crippen molar-refractivity contribution in [2.24, 2.45) is 5.92 Å². The fourth-order valence-electron chi connectivity index (χ4n) is 4.93. The SMILES string of the molecule is C=CC.CCCN1CC(CSCC(C)=O)CC2c3cccc4[nH]cc(c34)CC21. The van der Waals surface area contributed by atoms with E-state index in [2.05, 4.69) is 47.8 Å². The molecule has 1 aliphatic carbocycles. The van der Waals surface area contributed by atoms with E-state index in [1.807, 2.05) is 18.7 Å². The number of fused-ring (bicyclic) bond motifs is 2. The van der Waals surface area contributed by atoms with Gasteiger partial charge in [0, 0.05) is 35.6 Å². The number of nitrogens with zero attached hydrogens (tertiary/aromatic N) is 1. The van der Waals surface area contributed by atoms with E-state index in [0.717, 1.165) is 5.75 Å². The number of Topliss-reactive ketones (excluding diaryl/α,β-unsaturated/α-hetero) is 1. The first-order chi connectivity index (χ1) is 13.6. The maximum Gasteiger partial charge on any atom is 0.139 e. The summed E-state index contributed by atoms with van der Waals surface area (Å²) in [6, 6.07) is 7.41. The molecule has 1 aromatic carbocycles. The van der Waals surface area contributed by atoms with E-state index < -0.39 is 0 Å². The number of aromatic nitrogens is 1. The molecule has 0 amide bonds. The third-order valence-corrected chi connectivity index (χ3v) is 7.15. The molecule has 4 rings (SSSR count). The monoisotopic (exact) mass is 398 g/mol. The molecule has 28 heavy (non-hydrogen) atoms. The van der Waals surface area contributed by atoms with E-state index in [4.69, 9.17) is 0 Å². The summed E-state index contributed by atoms with van der Waals surface area (Å²) in [6.45, 7) is 11.6. The maximum absolute atomic E-state index is 11.3. The van der Waals surface area contributed by atoms with Gasteiger partial charge in [-0.25, -0.2) is 0 Å². The average molecular weight is 399 g/mol. The Morgan fingerprint density at radius 2 is 2.21 bits per heavy atom. The topological polar surface area (TPSA) is 36.1 Å². The molecular weight excluding hydrogens is 364 g/mol. The van der Waals surface area contributed by atoms with Gasteiger partial charge in [0.1, 0.15) is 5.78 Å². The van der Waals surface area contributed by atoms with Crippen LogP contribution in [0.1, 0.15) is 50.7 Å². The number of rotatable bonds is 6. The molecule has 3 nitrogen and oxygen atoms in total. The van der Waals surface area contributed by atoms with E-state index in [9.17, 15) is 4.79 Å². The molecule has 0 radical (unpaired) electrons. The molecule has 2 heterocycles. The van der Waals surface area contributed by atoms with E-state index in [1.165, 1.54) is 48.8 Å². The number of H-pyrrole nitrogens is 1. The third-order valence-electron chi connectivity index (χ3n) is 5.83. The first-order valence-electron chi connectivity index (χ1n) is 10.6. The molecule has 152 valence electrons. The van der Waals surface area contributed by atoms with Crippen molar-refractivity contribution >= 4 is 28.4 Å². The molecule has 1 aromatic heterocycles. The Kier molecular flexibility index (Phi) is 7.42. The summed E-state index contributed by atoms with van der Waals surface area (Å²) >= 11 is 1.82. The molecule has 0 spiro atoms. The van der Waals surface area contributed by atoms with Crippen LogP contribution >= 0.6 is 11.8 Å². The Morgan fingerprint density at radius 1 is 1.43 bits per heavy atom. The number of nitrogens with one attached hydrogen (secondary N) is 1. The number of piperidine rings is 1. The van der Waals surface area contributed by atoms with Crippen molar-refractivity contribution in [3.05, 3.63) is 48.2 Å². The van der Waals surface area contributed by atoms with Gasteiger partial charge >= 0.3 is 0 Å². The highest BCUT2D eigenvalue weighted by molar-refractivity contribution is 7.99. The molecule has 1 N–H and O–H groups in total. The molecule has 2 aliphatic rings. The normalized spacial score (nSPS) is 23.6. The second kappa shape index (κ2) is 9.80. The molecule has 3 atom stereocenters. The Labute approximate surface area is 174 Å². The predicted molar refractivity (Wildman–Crippen MR) is 122 cm³/mol. The number of allylic oxidation sites excluding steroid dienone is 1. The first kappa shape index (κ1) is 21.2. The van der Waals surface area contributed by atoms with E-state index >= 15 is 0 Å². The van der Waals surface area contributed by atoms with Crippen LogP contribution in [0.4, 0.5) is 0 Å². The summed E-state index contributed by atoms with van der Waals surface area (Å²) in [7, 11) is 0. The average Bonchev–Trinajstić information content (AvgIpc) is 3.08. The van der Waals surface area contributed by atoms with Crippen molar-refractivity contribution in [2.45, 2.75) is 52.0 Å². The zero-order chi connectivity index (χ0) is 20.1. The second-order valence-corrected chi connectivity index (χ2v) is 9.21. The summed E-state index contributed by atoms with van der Waals surface area (Å²) < 4.78 is 0. The summed E-state index contributed by atoms with van der Waals surface area (Å²) in [5.41, 5.74) is 4.34. The number of carbonyl (C=O) groups excluding carboxylic acids is 1. The van der Waals surface area contributed by atoms with Gasteiger partial charge in [0.15, 0.2) is 0 Å². The lowest BCUT2D eigenvalue weighted by Crippen LogP contribution is -2.50. The Balaban J connectivity index is 0.000000706. The predicted octanol–water partition coefficient (Wildman–Crippen LogP) is 5.42. The van der Waals surface area contributed by atoms with Crippen LogP contribution in [0.25, 0.3) is 10.9 Å². The van der Waals surface area contributed by atoms with Crippen LogP contribution in [0, 0.1) is 5.92 Å². The zero-order valence-electron chi connectivity index (χ0n) is 17.5. The van der Waals surface area contributed by atoms with Crippen molar-refractivity contribution < 1.29 is 4.79 Å². The highest BCUT2D eigenvalue weighted by atomic mass is 32.2. The van der Waals surface area contributed by atoms with Gasteiger partial charge in [0.2, 0.25) is 0 Å². The maximum atomic E-state index is 11.3. The number of thioether (sulfide) groups is 1. The second-order valence-electron chi connectivity index (χ2n) is 8.18. The van der Waals surface area contributed by atoms with Crippen molar-refractivity contribution in [3.8, 4) is 0 Å². The van der Waals surface area contributed by atoms with Crippen molar-refractivity contribution in [1.29, 1.82) is 0 Å². The van der Waals surface area contributed by atoms with Gasteiger partial charge in [0.25, 0.3) is 0 Å². The van der Waals surface area contributed by atoms with Gasteiger partial charge in [-0.3, -0.25) is 9.69 Å². The smallest absolute Gasteiger partial charge is 0.139 e. The van der Waals surface area contributed by atoms with Crippen molar-refractivity contribution in [1.82, 2.24) is 9.88 Å². The first-order valence-corrected chi connectivity index (χ1v) is 11.7. The van der Waals surface area contributed by atoms with Gasteiger partial charge in [-0.05, 0) is 68.5 Å². The Bertz CT molecular complexity index is 812. The number of aromatic amines is 1. The summed E-state index contributed by atoms with van der Waals surface area (Å²) in [4.78, 5) is 17.5. The molecule has 1 aliphatic heterocycles. The number of carbonyl (C=O) groups is 1. The Hall–Kier alpha value is -1.52. The highest BCUT2D eigenvalue weighted by Crippen LogP contribution is 2.45. The van der Waals surface area contributed by atoms with E-state index in [1.54, 1.807) is 18.6 Å². The minimum absolute atomic E-state index is 0.295. The fraction of sp³-hybridized carbons (Fsp3) is 0.542. The molecule has 0 saturated carbocycles. The lowest BCUT2D eigenvalue weighted by Gasteiger charge is -2.47. The van der Waals surface area contributed by atoms with Crippen LogP contribution in [0.2, 0.25) is 0 Å². The largest absolute Gasteiger partial charge is 0.361 e. The van der Waals surface area contributed by atoms with Crippen LogP contribution < -0.4 is 0 Å². The van der Waals surface area contributed by atoms with Gasteiger partial charge in [-0.15, -0.1) is 6.58 Å². The summed E-state index contributed by atoms with van der Waals surface area (Å²) in [5, 5.41) is 1.48. The molecule has 3 unspecified atom stereocenters. The van der Waals surface area contributed by atoms with Crippen molar-refractivity contribution in [2.75, 3.05) is 24.6 Å². The number of benzene rings is 1. The van der Waals surface area contributed by atoms with Crippen LogP contribution in [-0.2, 0) is 11.2 Å². The third kappa shape index (κ3) is 4.55. The van der Waals surface area contributed by atoms with Gasteiger partial charge in [-0.2, -0.15) is 11.8 Å².